The Hall–Kier alpha value is -1.59. The van der Waals surface area contributed by atoms with Crippen LogP contribution in [-0.4, -0.2) is 27.8 Å². The average Bonchev–Trinajstić information content (AvgIpc) is 2.28. The van der Waals surface area contributed by atoms with Crippen molar-refractivity contribution in [1.82, 2.24) is 0 Å². The molecule has 92 valence electrons. The maximum absolute atomic E-state index is 11.2. The maximum atomic E-state index is 11.2. The van der Waals surface area contributed by atoms with Crippen LogP contribution in [0.4, 0.5) is 5.69 Å². The quantitative estimate of drug-likeness (QED) is 0.533. The van der Waals surface area contributed by atoms with Crippen LogP contribution in [0.1, 0.15) is 17.2 Å². The molecule has 0 bridgehead atoms. The molecule has 17 heavy (non-hydrogen) atoms. The molecule has 1 atom stereocenters. The number of nitrogens with two attached hydrogens (primary N) is 1. The molecule has 1 unspecified atom stereocenters. The third kappa shape index (κ3) is 3.44. The van der Waals surface area contributed by atoms with Crippen molar-refractivity contribution < 1.29 is 19.8 Å². The van der Waals surface area contributed by atoms with E-state index in [9.17, 15) is 14.7 Å². The Labute approximate surface area is 103 Å². The summed E-state index contributed by atoms with van der Waals surface area (Å²) < 4.78 is 0. The zero-order chi connectivity index (χ0) is 13.0. The molecular formula is C11H12ClNO4. The number of benzene rings is 1. The normalized spacial score (nSPS) is 12.1. The van der Waals surface area contributed by atoms with Gasteiger partial charge in [0.2, 0.25) is 0 Å². The highest BCUT2D eigenvalue weighted by Gasteiger charge is 2.20. The van der Waals surface area contributed by atoms with Crippen LogP contribution in [0, 0.1) is 0 Å². The number of carbonyl (C=O) groups is 2. The van der Waals surface area contributed by atoms with Crippen molar-refractivity contribution in [3.05, 3.63) is 29.3 Å². The first-order chi connectivity index (χ1) is 7.95. The number of alkyl halides is 1. The molecule has 0 spiro atoms. The smallest absolute Gasteiger partial charge is 0.337 e. The first-order valence-corrected chi connectivity index (χ1v) is 5.36. The van der Waals surface area contributed by atoms with Crippen LogP contribution in [0.3, 0.4) is 0 Å². The molecule has 6 heteroatoms. The van der Waals surface area contributed by atoms with E-state index in [1.54, 1.807) is 0 Å². The second kappa shape index (κ2) is 5.65. The summed E-state index contributed by atoms with van der Waals surface area (Å²) in [7, 11) is 0. The molecule has 0 amide bonds. The predicted octanol–water partition coefficient (Wildman–Crippen LogP) is 0.737. The summed E-state index contributed by atoms with van der Waals surface area (Å²) >= 11 is 5.38. The molecule has 4 N–H and O–H groups in total. The van der Waals surface area contributed by atoms with Crippen LogP contribution in [0.15, 0.2) is 18.2 Å². The van der Waals surface area contributed by atoms with Gasteiger partial charge in [-0.1, -0.05) is 6.07 Å². The molecule has 0 radical (unpaired) electrons. The topological polar surface area (TPSA) is 101 Å². The van der Waals surface area contributed by atoms with Gasteiger partial charge in [0.15, 0.2) is 11.9 Å². The van der Waals surface area contributed by atoms with Crippen LogP contribution in [0.25, 0.3) is 0 Å². The largest absolute Gasteiger partial charge is 0.479 e. The number of aliphatic carboxylic acids is 1. The zero-order valence-electron chi connectivity index (χ0n) is 8.89. The Morgan fingerprint density at radius 3 is 2.59 bits per heavy atom. The lowest BCUT2D eigenvalue weighted by Crippen LogP contribution is -2.15. The number of Topliss-reactive ketones (excluding diaryl/α,β-unsaturated/α-hetero) is 1. The van der Waals surface area contributed by atoms with Crippen LogP contribution < -0.4 is 5.73 Å². The van der Waals surface area contributed by atoms with Crippen molar-refractivity contribution in [2.45, 2.75) is 12.5 Å². The monoisotopic (exact) mass is 257 g/mol. The van der Waals surface area contributed by atoms with E-state index in [0.717, 1.165) is 0 Å². The fourth-order valence-corrected chi connectivity index (χ4v) is 1.53. The molecule has 0 aliphatic heterocycles. The minimum absolute atomic E-state index is 0.0474. The molecule has 1 aromatic carbocycles. The van der Waals surface area contributed by atoms with Gasteiger partial charge in [0, 0.05) is 12.1 Å². The van der Waals surface area contributed by atoms with Gasteiger partial charge in [-0.15, -0.1) is 11.6 Å². The highest BCUT2D eigenvalue weighted by Crippen LogP contribution is 2.22. The predicted molar refractivity (Wildman–Crippen MR) is 62.9 cm³/mol. The number of hydrogen-bond donors (Lipinski definition) is 3. The molecule has 0 fully saturated rings. The van der Waals surface area contributed by atoms with Gasteiger partial charge >= 0.3 is 5.97 Å². The van der Waals surface area contributed by atoms with Gasteiger partial charge in [0.05, 0.1) is 5.88 Å². The van der Waals surface area contributed by atoms with Crippen molar-refractivity contribution in [2.75, 3.05) is 11.6 Å². The minimum atomic E-state index is -1.67. The van der Waals surface area contributed by atoms with E-state index in [4.69, 9.17) is 22.4 Å². The van der Waals surface area contributed by atoms with Gasteiger partial charge < -0.3 is 15.9 Å². The maximum Gasteiger partial charge on any atom is 0.337 e. The van der Waals surface area contributed by atoms with E-state index < -0.39 is 12.1 Å². The Kier molecular flexibility index (Phi) is 4.48. The van der Waals surface area contributed by atoms with E-state index >= 15 is 0 Å². The third-order valence-electron chi connectivity index (χ3n) is 2.23. The highest BCUT2D eigenvalue weighted by molar-refractivity contribution is 6.27. The number of aliphatic hydroxyl groups is 1. The van der Waals surface area contributed by atoms with E-state index in [-0.39, 0.29) is 23.6 Å². The second-order valence-corrected chi connectivity index (χ2v) is 3.82. The van der Waals surface area contributed by atoms with Gasteiger partial charge in [0.25, 0.3) is 0 Å². The first-order valence-electron chi connectivity index (χ1n) is 4.82. The average molecular weight is 258 g/mol. The lowest BCUT2D eigenvalue weighted by atomic mass is 9.98. The summed E-state index contributed by atoms with van der Waals surface area (Å²) in [5.74, 6) is -1.82. The van der Waals surface area contributed by atoms with E-state index in [1.165, 1.54) is 18.2 Å². The highest BCUT2D eigenvalue weighted by atomic mass is 35.5. The van der Waals surface area contributed by atoms with E-state index in [0.29, 0.717) is 11.3 Å². The summed E-state index contributed by atoms with van der Waals surface area (Å²) in [6.45, 7) is 0. The molecule has 0 saturated carbocycles. The van der Waals surface area contributed by atoms with Crippen molar-refractivity contribution in [3.63, 3.8) is 0 Å². The lowest BCUT2D eigenvalue weighted by molar-refractivity contribution is -0.147. The number of nitrogen functional groups attached to an aromatic ring is 1. The zero-order valence-corrected chi connectivity index (χ0v) is 9.65. The van der Waals surface area contributed by atoms with Gasteiger partial charge in [-0.2, -0.15) is 0 Å². The number of rotatable bonds is 5. The molecule has 0 aliphatic carbocycles. The minimum Gasteiger partial charge on any atom is -0.479 e. The van der Waals surface area contributed by atoms with Gasteiger partial charge in [0.1, 0.15) is 0 Å². The molecule has 5 nitrogen and oxygen atoms in total. The Balaban J connectivity index is 3.11. The van der Waals surface area contributed by atoms with Gasteiger partial charge in [-0.05, 0) is 23.3 Å². The Bertz CT molecular complexity index is 447. The molecular weight excluding hydrogens is 246 g/mol. The summed E-state index contributed by atoms with van der Waals surface area (Å²) in [6.07, 6.45) is -1.72. The third-order valence-corrected chi connectivity index (χ3v) is 2.53. The molecule has 0 saturated heterocycles. The summed E-state index contributed by atoms with van der Waals surface area (Å²) in [5, 5.41) is 18.2. The molecule has 1 aromatic rings. The second-order valence-electron chi connectivity index (χ2n) is 3.55. The number of hydrogen-bond acceptors (Lipinski definition) is 4. The number of carboxylic acids is 1. The van der Waals surface area contributed by atoms with Crippen LogP contribution in [-0.2, 0) is 16.0 Å². The first kappa shape index (κ1) is 13.5. The van der Waals surface area contributed by atoms with Gasteiger partial charge in [-0.25, -0.2) is 4.79 Å². The fraction of sp³-hybridized carbons (Fsp3) is 0.273. The number of anilines is 1. The molecule has 0 aliphatic rings. The standard InChI is InChI=1S/C11H12ClNO4/c12-5-8(14)4-6-3-7(13)1-2-9(6)10(15)11(16)17/h1-3,10,15H,4-5,13H2,(H,16,17). The summed E-state index contributed by atoms with van der Waals surface area (Å²) in [6, 6.07) is 4.33. The number of carboxylic acid groups (broad SMARTS) is 1. The van der Waals surface area contributed by atoms with E-state index in [2.05, 4.69) is 0 Å². The Morgan fingerprint density at radius 1 is 1.41 bits per heavy atom. The Morgan fingerprint density at radius 2 is 2.06 bits per heavy atom. The van der Waals surface area contributed by atoms with Crippen molar-refractivity contribution >= 4 is 29.0 Å². The molecule has 0 heterocycles. The fourth-order valence-electron chi connectivity index (χ4n) is 1.44. The number of aliphatic hydroxyl groups excluding tert-OH is 1. The van der Waals surface area contributed by atoms with Crippen LogP contribution >= 0.6 is 11.6 Å². The van der Waals surface area contributed by atoms with Crippen molar-refractivity contribution in [2.24, 2.45) is 0 Å². The molecule has 0 aromatic heterocycles. The van der Waals surface area contributed by atoms with E-state index in [1.807, 2.05) is 0 Å². The number of ketones is 1. The van der Waals surface area contributed by atoms with Gasteiger partial charge in [-0.3, -0.25) is 4.79 Å². The summed E-state index contributed by atoms with van der Waals surface area (Å²) in [5.41, 5.74) is 6.48. The lowest BCUT2D eigenvalue weighted by Gasteiger charge is -2.12. The number of carbonyl (C=O) groups excluding carboxylic acids is 1. The van der Waals surface area contributed by atoms with Crippen molar-refractivity contribution in [3.8, 4) is 0 Å². The summed E-state index contributed by atoms with van der Waals surface area (Å²) in [4.78, 5) is 21.9. The van der Waals surface area contributed by atoms with Crippen LogP contribution in [0.2, 0.25) is 0 Å². The SMILES string of the molecule is Nc1ccc(C(O)C(=O)O)c(CC(=O)CCl)c1. The van der Waals surface area contributed by atoms with Crippen molar-refractivity contribution in [1.29, 1.82) is 0 Å². The van der Waals surface area contributed by atoms with Crippen LogP contribution in [0.5, 0.6) is 0 Å². The number of halogens is 1. The molecule has 1 rings (SSSR count).